The Morgan fingerprint density at radius 3 is 2.15 bits per heavy atom. The molecule has 0 aromatic heterocycles. The van der Waals surface area contributed by atoms with Gasteiger partial charge in [-0.1, -0.05) is 19.1 Å². The van der Waals surface area contributed by atoms with E-state index in [9.17, 15) is 14.4 Å². The predicted molar refractivity (Wildman–Crippen MR) is 130 cm³/mol. The zero-order valence-electron chi connectivity index (χ0n) is 19.1. The Morgan fingerprint density at radius 2 is 1.64 bits per heavy atom. The van der Waals surface area contributed by atoms with E-state index >= 15 is 0 Å². The highest BCUT2D eigenvalue weighted by atomic mass is 32.2. The summed E-state index contributed by atoms with van der Waals surface area (Å²) in [5.74, 6) is -0.493. The normalized spacial score (nSPS) is 15.7. The quantitative estimate of drug-likeness (QED) is 0.393. The van der Waals surface area contributed by atoms with E-state index < -0.39 is 12.0 Å². The first-order valence-corrected chi connectivity index (χ1v) is 11.8. The number of nitrogens with zero attached hydrogens (tertiary/aromatic N) is 1. The van der Waals surface area contributed by atoms with E-state index in [0.717, 1.165) is 11.3 Å². The largest absolute Gasteiger partial charge is 0.466 e. The topological polar surface area (TPSA) is 99.8 Å². The highest BCUT2D eigenvalue weighted by Crippen LogP contribution is 2.32. The molecule has 0 aliphatic carbocycles. The summed E-state index contributed by atoms with van der Waals surface area (Å²) in [5, 5.41) is 8.46. The summed E-state index contributed by atoms with van der Waals surface area (Å²) in [7, 11) is 1.32. The van der Waals surface area contributed by atoms with E-state index in [-0.39, 0.29) is 12.1 Å². The molecule has 0 fully saturated rings. The van der Waals surface area contributed by atoms with Gasteiger partial charge in [0.2, 0.25) is 0 Å². The molecule has 0 radical (unpaired) electrons. The third-order valence-corrected chi connectivity index (χ3v) is 6.04. The molecule has 3 rings (SSSR count). The number of carbonyl (C=O) groups excluding carboxylic acids is 3. The van der Waals surface area contributed by atoms with Gasteiger partial charge in [-0.3, -0.25) is 4.90 Å². The molecule has 0 bridgehead atoms. The summed E-state index contributed by atoms with van der Waals surface area (Å²) < 4.78 is 4.98. The average Bonchev–Trinajstić information content (AvgIpc) is 2.82. The van der Waals surface area contributed by atoms with Crippen molar-refractivity contribution >= 4 is 41.2 Å². The second-order valence-corrected chi connectivity index (χ2v) is 8.33. The maximum atomic E-state index is 12.6. The summed E-state index contributed by atoms with van der Waals surface area (Å²) >= 11 is 1.63. The predicted octanol–water partition coefficient (Wildman–Crippen LogP) is 4.98. The van der Waals surface area contributed by atoms with Gasteiger partial charge in [0.15, 0.2) is 0 Å². The molecule has 2 aromatic carbocycles. The number of ether oxygens (including phenoxy) is 1. The van der Waals surface area contributed by atoms with E-state index in [1.807, 2.05) is 37.4 Å². The van der Waals surface area contributed by atoms with E-state index in [0.29, 0.717) is 34.8 Å². The molecule has 1 heterocycles. The summed E-state index contributed by atoms with van der Waals surface area (Å²) in [6.07, 6.45) is 2.75. The lowest BCUT2D eigenvalue weighted by Gasteiger charge is -2.35. The van der Waals surface area contributed by atoms with Crippen LogP contribution in [-0.2, 0) is 9.53 Å². The maximum Gasteiger partial charge on any atom is 0.337 e. The third-order valence-electron chi connectivity index (χ3n) is 5.30. The minimum absolute atomic E-state index is 0.263. The van der Waals surface area contributed by atoms with Gasteiger partial charge in [-0.25, -0.2) is 14.4 Å². The van der Waals surface area contributed by atoms with Gasteiger partial charge < -0.3 is 20.7 Å². The van der Waals surface area contributed by atoms with E-state index in [1.54, 1.807) is 47.9 Å². The summed E-state index contributed by atoms with van der Waals surface area (Å²) in [4.78, 5) is 40.1. The van der Waals surface area contributed by atoms with Crippen LogP contribution in [0.2, 0.25) is 0 Å². The zero-order chi connectivity index (χ0) is 24.0. The molecule has 0 saturated heterocycles. The number of carbonyl (C=O) groups is 3. The molecule has 9 heteroatoms. The average molecular weight is 469 g/mol. The van der Waals surface area contributed by atoms with Crippen LogP contribution >= 0.6 is 11.8 Å². The van der Waals surface area contributed by atoms with E-state index in [2.05, 4.69) is 16.0 Å². The zero-order valence-corrected chi connectivity index (χ0v) is 19.9. The lowest BCUT2D eigenvalue weighted by atomic mass is 9.94. The number of esters is 1. The lowest BCUT2D eigenvalue weighted by Crippen LogP contribution is -2.48. The highest BCUT2D eigenvalue weighted by molar-refractivity contribution is 7.98. The lowest BCUT2D eigenvalue weighted by molar-refractivity contribution is -0.136. The molecule has 1 aliphatic rings. The summed E-state index contributed by atoms with van der Waals surface area (Å²) in [5.41, 5.74) is 2.93. The SMILES string of the molecule is CCCN1C(=O)NC(c2ccc(NC(=O)Nc3ccc(SC)cc3)cc2)C(C(=O)OC)=C1C. The molecule has 33 heavy (non-hydrogen) atoms. The van der Waals surface area contributed by atoms with Crippen LogP contribution in [0.3, 0.4) is 0 Å². The molecular formula is C24H28N4O4S. The van der Waals surface area contributed by atoms with Crippen LogP contribution in [-0.4, -0.2) is 42.8 Å². The molecule has 0 saturated carbocycles. The maximum absolute atomic E-state index is 12.6. The van der Waals surface area contributed by atoms with Crippen molar-refractivity contribution in [3.8, 4) is 0 Å². The number of nitrogens with one attached hydrogen (secondary N) is 3. The Morgan fingerprint density at radius 1 is 1.06 bits per heavy atom. The molecule has 4 amide bonds. The monoisotopic (exact) mass is 468 g/mol. The van der Waals surface area contributed by atoms with Crippen molar-refractivity contribution in [1.29, 1.82) is 0 Å². The molecule has 8 nitrogen and oxygen atoms in total. The number of hydrogen-bond donors (Lipinski definition) is 3. The number of anilines is 2. The number of thioether (sulfide) groups is 1. The number of amides is 4. The van der Waals surface area contributed by atoms with Crippen LogP contribution in [0.15, 0.2) is 64.7 Å². The Hall–Kier alpha value is -3.46. The molecular weight excluding hydrogens is 440 g/mol. The molecule has 1 unspecified atom stereocenters. The number of rotatable bonds is 7. The number of hydrogen-bond acceptors (Lipinski definition) is 5. The first-order valence-electron chi connectivity index (χ1n) is 10.6. The highest BCUT2D eigenvalue weighted by Gasteiger charge is 2.35. The molecule has 3 N–H and O–H groups in total. The smallest absolute Gasteiger partial charge is 0.337 e. The van der Waals surface area contributed by atoms with Crippen molar-refractivity contribution in [2.24, 2.45) is 0 Å². The van der Waals surface area contributed by atoms with Crippen LogP contribution in [0.5, 0.6) is 0 Å². The second kappa shape index (κ2) is 10.9. The molecule has 1 aliphatic heterocycles. The minimum Gasteiger partial charge on any atom is -0.466 e. The Bertz CT molecular complexity index is 1050. The van der Waals surface area contributed by atoms with Crippen molar-refractivity contribution in [2.75, 3.05) is 30.5 Å². The number of benzene rings is 2. The van der Waals surface area contributed by atoms with Gasteiger partial charge in [0.1, 0.15) is 0 Å². The first kappa shape index (κ1) is 24.2. The molecule has 1 atom stereocenters. The number of urea groups is 2. The van der Waals surface area contributed by atoms with Gasteiger partial charge in [0.05, 0.1) is 18.7 Å². The fraction of sp³-hybridized carbons (Fsp3) is 0.292. The fourth-order valence-electron chi connectivity index (χ4n) is 3.63. The van der Waals surface area contributed by atoms with Crippen LogP contribution in [0.4, 0.5) is 21.0 Å². The van der Waals surface area contributed by atoms with Crippen molar-refractivity contribution in [1.82, 2.24) is 10.2 Å². The van der Waals surface area contributed by atoms with Crippen LogP contribution in [0.1, 0.15) is 31.9 Å². The van der Waals surface area contributed by atoms with E-state index in [4.69, 9.17) is 4.74 Å². The molecule has 0 spiro atoms. The molecule has 174 valence electrons. The van der Waals surface area contributed by atoms with Gasteiger partial charge in [-0.05, 0) is 61.6 Å². The Balaban J connectivity index is 1.75. The van der Waals surface area contributed by atoms with Gasteiger partial charge in [-0.15, -0.1) is 11.8 Å². The van der Waals surface area contributed by atoms with Crippen LogP contribution in [0, 0.1) is 0 Å². The van der Waals surface area contributed by atoms with Crippen molar-refractivity contribution in [3.63, 3.8) is 0 Å². The second-order valence-electron chi connectivity index (χ2n) is 7.45. The van der Waals surface area contributed by atoms with Gasteiger partial charge in [-0.2, -0.15) is 0 Å². The van der Waals surface area contributed by atoms with Crippen LogP contribution < -0.4 is 16.0 Å². The van der Waals surface area contributed by atoms with Gasteiger partial charge >= 0.3 is 18.0 Å². The van der Waals surface area contributed by atoms with E-state index in [1.165, 1.54) is 7.11 Å². The van der Waals surface area contributed by atoms with Gasteiger partial charge in [0.25, 0.3) is 0 Å². The van der Waals surface area contributed by atoms with Crippen LogP contribution in [0.25, 0.3) is 0 Å². The molecule has 2 aromatic rings. The van der Waals surface area contributed by atoms with Crippen molar-refractivity contribution < 1.29 is 19.1 Å². The fourth-order valence-corrected chi connectivity index (χ4v) is 4.03. The summed E-state index contributed by atoms with van der Waals surface area (Å²) in [6, 6.07) is 13.2. The van der Waals surface area contributed by atoms with Crippen molar-refractivity contribution in [2.45, 2.75) is 31.2 Å². The van der Waals surface area contributed by atoms with Crippen molar-refractivity contribution in [3.05, 3.63) is 65.4 Å². The standard InChI is InChI=1S/C24H28N4O4S/c1-5-14-28-15(2)20(22(29)32-3)21(27-24(28)31)16-6-8-17(9-7-16)25-23(30)26-18-10-12-19(33-4)13-11-18/h6-13,21H,5,14H2,1-4H3,(H,27,31)(H2,25,26,30). The van der Waals surface area contributed by atoms with Gasteiger partial charge in [0, 0.05) is 28.5 Å². The summed E-state index contributed by atoms with van der Waals surface area (Å²) in [6.45, 7) is 4.22. The Kier molecular flexibility index (Phi) is 8.00. The number of methoxy groups -OCH3 is 1. The third kappa shape index (κ3) is 5.67. The minimum atomic E-state index is -0.643. The number of allylic oxidation sites excluding steroid dienone is 1. The Labute approximate surface area is 197 Å². The first-order chi connectivity index (χ1) is 15.9.